The van der Waals surface area contributed by atoms with Crippen molar-refractivity contribution < 1.29 is 27.8 Å². The molecule has 2 aliphatic heterocycles. The molecule has 3 heterocycles. The van der Waals surface area contributed by atoms with Crippen LogP contribution in [-0.2, 0) is 6.18 Å². The molecule has 6 nitrogen and oxygen atoms in total. The van der Waals surface area contributed by atoms with Crippen LogP contribution in [0.4, 0.5) is 13.2 Å². The Morgan fingerprint density at radius 3 is 2.44 bits per heavy atom. The number of aliphatic hydroxyl groups is 1. The average molecular weight is 478 g/mol. The summed E-state index contributed by atoms with van der Waals surface area (Å²) in [6, 6.07) is 6.40. The second-order valence-corrected chi connectivity index (χ2v) is 9.37. The Hall–Kier alpha value is -2.65. The number of hydrogen-bond acceptors (Lipinski definition) is 5. The van der Waals surface area contributed by atoms with E-state index in [1.165, 1.54) is 5.56 Å². The first-order valence-electron chi connectivity index (χ1n) is 11.5. The number of rotatable bonds is 6. The molecule has 0 saturated carbocycles. The van der Waals surface area contributed by atoms with Crippen molar-refractivity contribution in [3.63, 3.8) is 0 Å². The Balaban J connectivity index is 1.43. The number of halogens is 3. The Labute approximate surface area is 197 Å². The summed E-state index contributed by atoms with van der Waals surface area (Å²) in [5.74, 6) is 0.443. The van der Waals surface area contributed by atoms with Crippen molar-refractivity contribution in [3.05, 3.63) is 58.4 Å². The minimum Gasteiger partial charge on any atom is -0.491 e. The highest BCUT2D eigenvalue weighted by Crippen LogP contribution is 2.39. The number of ether oxygens (including phenoxy) is 1. The number of aliphatic hydroxyl groups excluding tert-OH is 1. The third kappa shape index (κ3) is 4.63. The smallest absolute Gasteiger partial charge is 0.417 e. The number of amides is 1. The molecule has 184 valence electrons. The van der Waals surface area contributed by atoms with Gasteiger partial charge in [0.25, 0.3) is 5.91 Å². The molecule has 1 aromatic carbocycles. The highest BCUT2D eigenvalue weighted by molar-refractivity contribution is 5.93. The maximum Gasteiger partial charge on any atom is 0.417 e. The van der Waals surface area contributed by atoms with Crippen LogP contribution < -0.4 is 4.74 Å². The maximum absolute atomic E-state index is 12.9. The number of carbonyl (C=O) groups is 1. The fraction of sp³-hybridized carbons (Fsp3) is 0.520. The standard InChI is InChI=1S/C25H30F3N3O3/c1-14(32)13-34-23-8-6-21(15(2)16(23)3)17(4)30-11-20-9-19(30)12-31(20)24(33)22-7-5-18(10-29-22)25(26,27)28/h5-8,10,14,17,19-20,32H,9,11-13H2,1-4H3/t14-,17+,19-,20-/m1/s1. The Kier molecular flexibility index (Phi) is 6.61. The predicted octanol–water partition coefficient (Wildman–Crippen LogP) is 4.14. The molecule has 2 bridgehead atoms. The van der Waals surface area contributed by atoms with Crippen molar-refractivity contribution in [1.29, 1.82) is 0 Å². The molecule has 0 aliphatic carbocycles. The van der Waals surface area contributed by atoms with Crippen LogP contribution in [-0.4, -0.2) is 63.7 Å². The summed E-state index contributed by atoms with van der Waals surface area (Å²) in [6.45, 7) is 9.39. The number of fused-ring (bicyclic) bond motifs is 2. The molecule has 0 unspecified atom stereocenters. The van der Waals surface area contributed by atoms with Crippen LogP contribution >= 0.6 is 0 Å². The molecular formula is C25H30F3N3O3. The van der Waals surface area contributed by atoms with E-state index in [2.05, 4.69) is 29.8 Å². The van der Waals surface area contributed by atoms with Gasteiger partial charge in [-0.3, -0.25) is 14.7 Å². The zero-order valence-corrected chi connectivity index (χ0v) is 19.8. The van der Waals surface area contributed by atoms with Gasteiger partial charge in [0.1, 0.15) is 18.1 Å². The van der Waals surface area contributed by atoms with Gasteiger partial charge < -0.3 is 14.7 Å². The van der Waals surface area contributed by atoms with Crippen molar-refractivity contribution in [2.45, 2.75) is 64.5 Å². The summed E-state index contributed by atoms with van der Waals surface area (Å²) in [5, 5.41) is 9.49. The lowest BCUT2D eigenvalue weighted by Crippen LogP contribution is -2.49. The second kappa shape index (κ2) is 9.19. The van der Waals surface area contributed by atoms with E-state index in [9.17, 15) is 23.1 Å². The number of aromatic nitrogens is 1. The van der Waals surface area contributed by atoms with Gasteiger partial charge in [0.05, 0.1) is 11.7 Å². The highest BCUT2D eigenvalue weighted by Gasteiger charge is 2.47. The summed E-state index contributed by atoms with van der Waals surface area (Å²) in [5.41, 5.74) is 2.55. The molecule has 0 radical (unpaired) electrons. The summed E-state index contributed by atoms with van der Waals surface area (Å²) < 4.78 is 44.1. The lowest BCUT2D eigenvalue weighted by Gasteiger charge is -2.38. The molecule has 1 amide bonds. The molecule has 4 atom stereocenters. The van der Waals surface area contributed by atoms with Gasteiger partial charge in [0.2, 0.25) is 0 Å². The highest BCUT2D eigenvalue weighted by atomic mass is 19.4. The quantitative estimate of drug-likeness (QED) is 0.678. The molecule has 1 aromatic heterocycles. The van der Waals surface area contributed by atoms with Crippen LogP contribution in [0.1, 0.15) is 59.1 Å². The number of piperazine rings is 1. The first-order chi connectivity index (χ1) is 16.0. The third-order valence-corrected chi connectivity index (χ3v) is 7.06. The van der Waals surface area contributed by atoms with Crippen molar-refractivity contribution in [2.75, 3.05) is 19.7 Å². The number of likely N-dealkylation sites (tertiary alicyclic amines) is 2. The van der Waals surface area contributed by atoms with Gasteiger partial charge in [-0.15, -0.1) is 0 Å². The molecule has 4 rings (SSSR count). The van der Waals surface area contributed by atoms with Gasteiger partial charge in [-0.2, -0.15) is 13.2 Å². The molecule has 2 aliphatic rings. The molecular weight excluding hydrogens is 447 g/mol. The third-order valence-electron chi connectivity index (χ3n) is 7.06. The van der Waals surface area contributed by atoms with Gasteiger partial charge in [-0.1, -0.05) is 6.07 Å². The average Bonchev–Trinajstić information content (AvgIpc) is 3.40. The Morgan fingerprint density at radius 2 is 1.88 bits per heavy atom. The Morgan fingerprint density at radius 1 is 1.15 bits per heavy atom. The van der Waals surface area contributed by atoms with E-state index in [1.54, 1.807) is 11.8 Å². The zero-order valence-electron chi connectivity index (χ0n) is 19.8. The summed E-state index contributed by atoms with van der Waals surface area (Å²) in [6.07, 6.45) is -3.46. The molecule has 0 spiro atoms. The summed E-state index contributed by atoms with van der Waals surface area (Å²) >= 11 is 0. The van der Waals surface area contributed by atoms with Gasteiger partial charge in [-0.05, 0) is 69.0 Å². The van der Waals surface area contributed by atoms with E-state index in [1.807, 2.05) is 13.0 Å². The lowest BCUT2D eigenvalue weighted by atomic mass is 9.96. The topological polar surface area (TPSA) is 65.9 Å². The number of nitrogens with zero attached hydrogens (tertiary/aromatic N) is 3. The number of hydrogen-bond donors (Lipinski definition) is 1. The summed E-state index contributed by atoms with van der Waals surface area (Å²) in [4.78, 5) is 20.8. The van der Waals surface area contributed by atoms with Crippen LogP contribution in [0.2, 0.25) is 0 Å². The number of pyridine rings is 1. The van der Waals surface area contributed by atoms with E-state index in [0.29, 0.717) is 13.1 Å². The number of carbonyl (C=O) groups excluding carboxylic acids is 1. The lowest BCUT2D eigenvalue weighted by molar-refractivity contribution is -0.137. The van der Waals surface area contributed by atoms with Crippen LogP contribution in [0, 0.1) is 13.8 Å². The monoisotopic (exact) mass is 477 g/mol. The van der Waals surface area contributed by atoms with Crippen molar-refractivity contribution in [1.82, 2.24) is 14.8 Å². The van der Waals surface area contributed by atoms with Gasteiger partial charge in [-0.25, -0.2) is 0 Å². The molecule has 2 aromatic rings. The van der Waals surface area contributed by atoms with Gasteiger partial charge in [0, 0.05) is 37.4 Å². The van der Waals surface area contributed by atoms with E-state index in [0.717, 1.165) is 41.6 Å². The minimum atomic E-state index is -4.48. The predicted molar refractivity (Wildman–Crippen MR) is 121 cm³/mol. The number of alkyl halides is 3. The molecule has 2 fully saturated rings. The first-order valence-corrected chi connectivity index (χ1v) is 11.5. The largest absolute Gasteiger partial charge is 0.491 e. The second-order valence-electron chi connectivity index (χ2n) is 9.37. The van der Waals surface area contributed by atoms with Crippen LogP contribution in [0.3, 0.4) is 0 Å². The van der Waals surface area contributed by atoms with Gasteiger partial charge in [0.15, 0.2) is 0 Å². The van der Waals surface area contributed by atoms with Crippen LogP contribution in [0.25, 0.3) is 0 Å². The maximum atomic E-state index is 12.9. The van der Waals surface area contributed by atoms with Crippen LogP contribution in [0.15, 0.2) is 30.5 Å². The van der Waals surface area contributed by atoms with E-state index in [-0.39, 0.29) is 36.3 Å². The normalized spacial score (nSPS) is 22.2. The fourth-order valence-corrected chi connectivity index (χ4v) is 5.07. The summed E-state index contributed by atoms with van der Waals surface area (Å²) in [7, 11) is 0. The number of benzene rings is 1. The first kappa shape index (κ1) is 24.5. The SMILES string of the molecule is Cc1c(OC[C@@H](C)O)ccc([C@H](C)N2C[C@H]3C[C@@H]2CN3C(=O)c2ccc(C(F)(F)F)cn2)c1C. The Bertz CT molecular complexity index is 1060. The van der Waals surface area contributed by atoms with E-state index < -0.39 is 17.8 Å². The van der Waals surface area contributed by atoms with Crippen molar-refractivity contribution in [2.24, 2.45) is 0 Å². The van der Waals surface area contributed by atoms with Crippen LogP contribution in [0.5, 0.6) is 5.75 Å². The molecule has 2 saturated heterocycles. The van der Waals surface area contributed by atoms with E-state index >= 15 is 0 Å². The van der Waals surface area contributed by atoms with Crippen molar-refractivity contribution >= 4 is 5.91 Å². The minimum absolute atomic E-state index is 0.0131. The zero-order chi connectivity index (χ0) is 24.8. The van der Waals surface area contributed by atoms with Gasteiger partial charge >= 0.3 is 6.18 Å². The molecule has 1 N–H and O–H groups in total. The van der Waals surface area contributed by atoms with E-state index in [4.69, 9.17) is 4.74 Å². The molecule has 9 heteroatoms. The van der Waals surface area contributed by atoms with Crippen molar-refractivity contribution in [3.8, 4) is 5.75 Å². The molecule has 34 heavy (non-hydrogen) atoms. The fourth-order valence-electron chi connectivity index (χ4n) is 5.07.